The van der Waals surface area contributed by atoms with E-state index in [1.165, 1.54) is 0 Å². The molecule has 0 bridgehead atoms. The summed E-state index contributed by atoms with van der Waals surface area (Å²) in [7, 11) is 0. The summed E-state index contributed by atoms with van der Waals surface area (Å²) < 4.78 is 14.6. The zero-order valence-corrected chi connectivity index (χ0v) is 12.3. The Labute approximate surface area is 125 Å². The first kappa shape index (κ1) is 13.3. The summed E-state index contributed by atoms with van der Waals surface area (Å²) in [5.74, 6) is -0.298. The Hall–Kier alpha value is -1.71. The van der Waals surface area contributed by atoms with E-state index in [1.807, 2.05) is 42.5 Å². The van der Waals surface area contributed by atoms with Crippen LogP contribution in [0.5, 0.6) is 0 Å². The van der Waals surface area contributed by atoms with Crippen LogP contribution in [0.2, 0.25) is 0 Å². The monoisotopic (exact) mass is 329 g/mol. The maximum atomic E-state index is 14.2. The molecule has 0 fully saturated rings. The highest BCUT2D eigenvalue weighted by molar-refractivity contribution is 9.10. The lowest BCUT2D eigenvalue weighted by Crippen LogP contribution is -2.14. The third-order valence-electron chi connectivity index (χ3n) is 3.47. The van der Waals surface area contributed by atoms with Crippen LogP contribution >= 0.6 is 15.9 Å². The number of hydrogen-bond donors (Lipinski definition) is 1. The quantitative estimate of drug-likeness (QED) is 0.718. The van der Waals surface area contributed by atoms with Gasteiger partial charge in [0.1, 0.15) is 5.82 Å². The third-order valence-corrected chi connectivity index (χ3v) is 4.09. The molecule has 0 radical (unpaired) electrons. The molecule has 1 atom stereocenters. The molecule has 0 aliphatic carbocycles. The Kier molecular flexibility index (Phi) is 3.55. The van der Waals surface area contributed by atoms with Crippen molar-refractivity contribution in [3.05, 3.63) is 82.1 Å². The van der Waals surface area contributed by atoms with Gasteiger partial charge in [-0.25, -0.2) is 4.39 Å². The van der Waals surface area contributed by atoms with Crippen molar-refractivity contribution in [1.29, 1.82) is 0 Å². The second kappa shape index (κ2) is 5.35. The highest BCUT2D eigenvalue weighted by Gasteiger charge is 2.17. The molecule has 0 spiro atoms. The van der Waals surface area contributed by atoms with Crippen molar-refractivity contribution in [2.24, 2.45) is 5.73 Å². The largest absolute Gasteiger partial charge is 0.320 e. The molecule has 1 unspecified atom stereocenters. The number of hydrogen-bond acceptors (Lipinski definition) is 1. The summed E-state index contributed by atoms with van der Waals surface area (Å²) in [5, 5.41) is 2.16. The predicted molar refractivity (Wildman–Crippen MR) is 84.1 cm³/mol. The first-order valence-electron chi connectivity index (χ1n) is 6.35. The molecule has 100 valence electrons. The van der Waals surface area contributed by atoms with Gasteiger partial charge in [0, 0.05) is 5.56 Å². The molecule has 0 aliphatic heterocycles. The van der Waals surface area contributed by atoms with Gasteiger partial charge in [0.2, 0.25) is 0 Å². The minimum atomic E-state index is -0.487. The van der Waals surface area contributed by atoms with Gasteiger partial charge in [-0.05, 0) is 38.3 Å². The van der Waals surface area contributed by atoms with E-state index < -0.39 is 6.04 Å². The first-order chi connectivity index (χ1) is 9.68. The molecule has 0 saturated heterocycles. The zero-order chi connectivity index (χ0) is 14.1. The van der Waals surface area contributed by atoms with Gasteiger partial charge in [-0.1, -0.05) is 54.6 Å². The number of halogens is 2. The van der Waals surface area contributed by atoms with Crippen molar-refractivity contribution >= 4 is 26.7 Å². The van der Waals surface area contributed by atoms with Crippen LogP contribution in [-0.2, 0) is 0 Å². The highest BCUT2D eigenvalue weighted by atomic mass is 79.9. The molecule has 3 aromatic rings. The Bertz CT molecular complexity index is 765. The predicted octanol–water partition coefficient (Wildman–Crippen LogP) is 4.79. The SMILES string of the molecule is NC(c1cccc(Br)c1F)c1cccc2ccccc12. The Morgan fingerprint density at radius 2 is 1.50 bits per heavy atom. The summed E-state index contributed by atoms with van der Waals surface area (Å²) in [6, 6.07) is 18.6. The van der Waals surface area contributed by atoms with E-state index in [1.54, 1.807) is 18.2 Å². The molecule has 0 saturated carbocycles. The molecule has 0 aliphatic rings. The van der Waals surface area contributed by atoms with E-state index >= 15 is 0 Å². The van der Waals surface area contributed by atoms with E-state index in [0.29, 0.717) is 10.0 Å². The van der Waals surface area contributed by atoms with E-state index in [-0.39, 0.29) is 5.82 Å². The fourth-order valence-corrected chi connectivity index (χ4v) is 2.83. The fraction of sp³-hybridized carbons (Fsp3) is 0.0588. The molecule has 0 amide bonds. The molecular formula is C17H13BrFN. The number of rotatable bonds is 2. The average Bonchev–Trinajstić information content (AvgIpc) is 2.49. The van der Waals surface area contributed by atoms with Crippen LogP contribution in [-0.4, -0.2) is 0 Å². The van der Waals surface area contributed by atoms with Crippen LogP contribution in [0.1, 0.15) is 17.2 Å². The molecule has 1 nitrogen and oxygen atoms in total. The highest BCUT2D eigenvalue weighted by Crippen LogP contribution is 2.30. The van der Waals surface area contributed by atoms with Gasteiger partial charge in [-0.15, -0.1) is 0 Å². The van der Waals surface area contributed by atoms with Gasteiger partial charge in [0.25, 0.3) is 0 Å². The summed E-state index contributed by atoms with van der Waals surface area (Å²) in [6.07, 6.45) is 0. The van der Waals surface area contributed by atoms with Crippen LogP contribution in [0, 0.1) is 5.82 Å². The lowest BCUT2D eigenvalue weighted by molar-refractivity contribution is 0.594. The minimum Gasteiger partial charge on any atom is -0.320 e. The topological polar surface area (TPSA) is 26.0 Å². The number of nitrogens with two attached hydrogens (primary N) is 1. The smallest absolute Gasteiger partial charge is 0.142 e. The number of fused-ring (bicyclic) bond motifs is 1. The van der Waals surface area contributed by atoms with Gasteiger partial charge in [-0.2, -0.15) is 0 Å². The van der Waals surface area contributed by atoms with E-state index in [2.05, 4.69) is 15.9 Å². The van der Waals surface area contributed by atoms with Crippen LogP contribution in [0.25, 0.3) is 10.8 Å². The Balaban J connectivity index is 2.18. The van der Waals surface area contributed by atoms with E-state index in [9.17, 15) is 4.39 Å². The normalized spacial score (nSPS) is 12.6. The van der Waals surface area contributed by atoms with E-state index in [0.717, 1.165) is 16.3 Å². The zero-order valence-electron chi connectivity index (χ0n) is 10.7. The Morgan fingerprint density at radius 1 is 0.850 bits per heavy atom. The molecule has 3 aromatic carbocycles. The lowest BCUT2D eigenvalue weighted by atomic mass is 9.94. The first-order valence-corrected chi connectivity index (χ1v) is 7.15. The second-order valence-electron chi connectivity index (χ2n) is 4.69. The van der Waals surface area contributed by atoms with Crippen molar-refractivity contribution in [3.63, 3.8) is 0 Å². The van der Waals surface area contributed by atoms with Gasteiger partial charge in [-0.3, -0.25) is 0 Å². The van der Waals surface area contributed by atoms with Crippen molar-refractivity contribution in [2.45, 2.75) is 6.04 Å². The van der Waals surface area contributed by atoms with Gasteiger partial charge in [0.05, 0.1) is 10.5 Å². The summed E-state index contributed by atoms with van der Waals surface area (Å²) >= 11 is 3.21. The molecule has 2 N–H and O–H groups in total. The maximum Gasteiger partial charge on any atom is 0.142 e. The molecular weight excluding hydrogens is 317 g/mol. The summed E-state index contributed by atoms with van der Waals surface area (Å²) in [6.45, 7) is 0. The third kappa shape index (κ3) is 2.23. The summed E-state index contributed by atoms with van der Waals surface area (Å²) in [4.78, 5) is 0. The molecule has 3 rings (SSSR count). The van der Waals surface area contributed by atoms with Crippen LogP contribution in [0.4, 0.5) is 4.39 Å². The molecule has 0 heterocycles. The van der Waals surface area contributed by atoms with Crippen LogP contribution in [0.3, 0.4) is 0 Å². The van der Waals surface area contributed by atoms with Gasteiger partial charge >= 0.3 is 0 Å². The maximum absolute atomic E-state index is 14.2. The molecule has 0 aromatic heterocycles. The molecule has 3 heteroatoms. The van der Waals surface area contributed by atoms with Crippen molar-refractivity contribution in [2.75, 3.05) is 0 Å². The number of benzene rings is 3. The fourth-order valence-electron chi connectivity index (χ4n) is 2.45. The van der Waals surface area contributed by atoms with Crippen LogP contribution in [0.15, 0.2) is 65.1 Å². The molecule has 20 heavy (non-hydrogen) atoms. The van der Waals surface area contributed by atoms with Crippen molar-refractivity contribution in [3.8, 4) is 0 Å². The van der Waals surface area contributed by atoms with Crippen LogP contribution < -0.4 is 5.73 Å². The summed E-state index contributed by atoms with van der Waals surface area (Å²) in [5.41, 5.74) is 7.72. The van der Waals surface area contributed by atoms with Crippen molar-refractivity contribution in [1.82, 2.24) is 0 Å². The van der Waals surface area contributed by atoms with Gasteiger partial charge < -0.3 is 5.73 Å². The van der Waals surface area contributed by atoms with Crippen molar-refractivity contribution < 1.29 is 4.39 Å². The second-order valence-corrected chi connectivity index (χ2v) is 5.54. The standard InChI is InChI=1S/C17H13BrFN/c18-15-10-4-9-14(16(15)19)17(20)13-8-3-6-11-5-1-2-7-12(11)13/h1-10,17H,20H2. The average molecular weight is 330 g/mol. The van der Waals surface area contributed by atoms with Gasteiger partial charge in [0.15, 0.2) is 0 Å². The Morgan fingerprint density at radius 3 is 2.35 bits per heavy atom. The minimum absolute atomic E-state index is 0.298. The van der Waals surface area contributed by atoms with E-state index in [4.69, 9.17) is 5.73 Å². The lowest BCUT2D eigenvalue weighted by Gasteiger charge is -2.16.